The molecule has 1 atom stereocenters. The fraction of sp³-hybridized carbons (Fsp3) is 0.114. The summed E-state index contributed by atoms with van der Waals surface area (Å²) in [6.45, 7) is -0.185. The molecule has 5 aromatic carbocycles. The van der Waals surface area contributed by atoms with Gasteiger partial charge in [-0.2, -0.15) is 0 Å². The van der Waals surface area contributed by atoms with E-state index < -0.39 is 6.04 Å². The van der Waals surface area contributed by atoms with Crippen LogP contribution in [0.3, 0.4) is 0 Å². The summed E-state index contributed by atoms with van der Waals surface area (Å²) in [5, 5.41) is 8.01. The normalized spacial score (nSPS) is 11.5. The molecule has 2 N–H and O–H groups in total. The van der Waals surface area contributed by atoms with Crippen LogP contribution in [0.4, 0.5) is 0 Å². The third-order valence-corrected chi connectivity index (χ3v) is 7.85. The lowest BCUT2D eigenvalue weighted by Gasteiger charge is -2.18. The number of benzene rings is 5. The minimum Gasteiger partial charge on any atom is -0.345 e. The highest BCUT2D eigenvalue weighted by Crippen LogP contribution is 2.25. The molecule has 0 radical (unpaired) electrons. The number of nitrogens with one attached hydrogen (secondary N) is 2. The molecule has 0 aliphatic heterocycles. The van der Waals surface area contributed by atoms with Gasteiger partial charge >= 0.3 is 0 Å². The highest BCUT2D eigenvalue weighted by atomic mass is 32.2. The molecule has 204 valence electrons. The molecular formula is C35H30N2O3S. The molecule has 0 aliphatic rings. The average Bonchev–Trinajstić information content (AvgIpc) is 3.03. The van der Waals surface area contributed by atoms with Crippen molar-refractivity contribution in [2.45, 2.75) is 23.1 Å². The van der Waals surface area contributed by atoms with E-state index in [4.69, 9.17) is 0 Å². The van der Waals surface area contributed by atoms with Gasteiger partial charge in [0.1, 0.15) is 0 Å². The fourth-order valence-electron chi connectivity index (χ4n) is 4.52. The van der Waals surface area contributed by atoms with Gasteiger partial charge in [0.05, 0.1) is 12.6 Å². The summed E-state index contributed by atoms with van der Waals surface area (Å²) in [5.74, 6) is -0.118. The average molecular weight is 559 g/mol. The lowest BCUT2D eigenvalue weighted by Crippen LogP contribution is -2.46. The van der Waals surface area contributed by atoms with Crippen LogP contribution in [0, 0.1) is 0 Å². The minimum absolute atomic E-state index is 0.185. The number of hydrogen-bond acceptors (Lipinski definition) is 4. The maximum atomic E-state index is 13.2. The second kappa shape index (κ2) is 13.6. The van der Waals surface area contributed by atoms with Gasteiger partial charge in [0.2, 0.25) is 0 Å². The van der Waals surface area contributed by atoms with E-state index in [1.54, 1.807) is 48.2 Å². The number of carbonyl (C=O) groups excluding carboxylic acids is 3. The van der Waals surface area contributed by atoms with Crippen LogP contribution in [0.25, 0.3) is 10.8 Å². The van der Waals surface area contributed by atoms with Gasteiger partial charge in [-0.1, -0.05) is 91.0 Å². The number of fused-ring (bicyclic) bond motifs is 1. The van der Waals surface area contributed by atoms with E-state index >= 15 is 0 Å². The molecule has 6 heteroatoms. The topological polar surface area (TPSA) is 75.3 Å². The second-order valence-corrected chi connectivity index (χ2v) is 10.8. The predicted molar refractivity (Wildman–Crippen MR) is 165 cm³/mol. The highest BCUT2D eigenvalue weighted by molar-refractivity contribution is 7.98. The summed E-state index contributed by atoms with van der Waals surface area (Å²) in [7, 11) is 0. The smallest absolute Gasteiger partial charge is 0.251 e. The number of Topliss-reactive ketones (excluding diaryl/α,β-unsaturated/α-hetero) is 1. The lowest BCUT2D eigenvalue weighted by molar-refractivity contribution is -0.119. The van der Waals surface area contributed by atoms with Crippen LogP contribution in [0.2, 0.25) is 0 Å². The zero-order chi connectivity index (χ0) is 28.4. The first-order valence-corrected chi connectivity index (χ1v) is 14.4. The Kier molecular flexibility index (Phi) is 9.24. The molecule has 0 aromatic heterocycles. The molecule has 0 heterocycles. The van der Waals surface area contributed by atoms with Crippen LogP contribution in [0.1, 0.15) is 31.8 Å². The molecule has 5 rings (SSSR count). The zero-order valence-electron chi connectivity index (χ0n) is 22.5. The van der Waals surface area contributed by atoms with Gasteiger partial charge in [0.15, 0.2) is 5.78 Å². The van der Waals surface area contributed by atoms with E-state index in [0.717, 1.165) is 16.2 Å². The van der Waals surface area contributed by atoms with Crippen molar-refractivity contribution in [3.05, 3.63) is 150 Å². The number of rotatable bonds is 11. The fourth-order valence-corrected chi connectivity index (χ4v) is 5.36. The van der Waals surface area contributed by atoms with Gasteiger partial charge in [-0.3, -0.25) is 14.4 Å². The summed E-state index contributed by atoms with van der Waals surface area (Å²) in [6.07, 6.45) is 0.326. The third kappa shape index (κ3) is 7.71. The molecule has 41 heavy (non-hydrogen) atoms. The van der Waals surface area contributed by atoms with Crippen molar-refractivity contribution in [2.24, 2.45) is 0 Å². The Labute approximate surface area is 244 Å². The van der Waals surface area contributed by atoms with Gasteiger partial charge in [0.25, 0.3) is 11.8 Å². The minimum atomic E-state index is -0.789. The Balaban J connectivity index is 1.21. The largest absolute Gasteiger partial charge is 0.345 e. The number of carbonyl (C=O) groups is 3. The number of hydrogen-bond donors (Lipinski definition) is 2. The van der Waals surface area contributed by atoms with Gasteiger partial charge in [0, 0.05) is 21.8 Å². The van der Waals surface area contributed by atoms with Crippen LogP contribution >= 0.6 is 11.8 Å². The number of thioether (sulfide) groups is 1. The molecule has 0 saturated heterocycles. The van der Waals surface area contributed by atoms with Crippen molar-refractivity contribution in [1.82, 2.24) is 10.6 Å². The highest BCUT2D eigenvalue weighted by Gasteiger charge is 2.22. The van der Waals surface area contributed by atoms with Crippen molar-refractivity contribution in [2.75, 3.05) is 6.54 Å². The predicted octanol–water partition coefficient (Wildman–Crippen LogP) is 6.47. The van der Waals surface area contributed by atoms with Gasteiger partial charge < -0.3 is 10.6 Å². The Hall–Kier alpha value is -4.68. The molecule has 0 bridgehead atoms. The maximum Gasteiger partial charge on any atom is 0.251 e. The van der Waals surface area contributed by atoms with Gasteiger partial charge in [-0.25, -0.2) is 0 Å². The first-order valence-electron chi connectivity index (χ1n) is 13.5. The molecule has 0 spiro atoms. The van der Waals surface area contributed by atoms with E-state index in [1.807, 2.05) is 60.7 Å². The summed E-state index contributed by atoms with van der Waals surface area (Å²) in [5.41, 5.74) is 3.10. The van der Waals surface area contributed by atoms with Crippen molar-refractivity contribution >= 4 is 40.1 Å². The van der Waals surface area contributed by atoms with E-state index in [1.165, 1.54) is 16.3 Å². The SMILES string of the molecule is O=C(NCC(=O)[C@H](Cc1ccccc1)NC(=O)c1ccc(SCc2ccc3ccccc3c2)cc1)c1ccccc1. The monoisotopic (exact) mass is 558 g/mol. The molecule has 2 amide bonds. The number of amides is 2. The molecule has 0 saturated carbocycles. The van der Waals surface area contributed by atoms with Crippen molar-refractivity contribution in [3.8, 4) is 0 Å². The Bertz CT molecular complexity index is 1640. The molecule has 0 unspecified atom stereocenters. The van der Waals surface area contributed by atoms with E-state index in [-0.39, 0.29) is 24.1 Å². The quantitative estimate of drug-likeness (QED) is 0.182. The Morgan fingerprint density at radius 2 is 1.24 bits per heavy atom. The van der Waals surface area contributed by atoms with Gasteiger partial charge in [-0.15, -0.1) is 11.8 Å². The van der Waals surface area contributed by atoms with Crippen LogP contribution in [-0.4, -0.2) is 30.2 Å². The van der Waals surface area contributed by atoms with Crippen LogP contribution < -0.4 is 10.6 Å². The number of ketones is 1. The van der Waals surface area contributed by atoms with Crippen LogP contribution in [0.5, 0.6) is 0 Å². The van der Waals surface area contributed by atoms with E-state index in [0.29, 0.717) is 17.5 Å². The Morgan fingerprint density at radius 1 is 0.610 bits per heavy atom. The molecule has 0 fully saturated rings. The zero-order valence-corrected chi connectivity index (χ0v) is 23.3. The standard InChI is InChI=1S/C35H30N2O3S/c38-33(23-36-34(39)28-12-5-2-6-13-28)32(22-25-9-3-1-4-10-25)37-35(40)29-17-19-31(20-18-29)41-24-26-15-16-27-11-7-8-14-30(27)21-26/h1-21,32H,22-24H2,(H,36,39)(H,37,40)/t32-/m0/s1. The Morgan fingerprint density at radius 3 is 1.98 bits per heavy atom. The molecule has 5 aromatic rings. The second-order valence-electron chi connectivity index (χ2n) is 9.73. The van der Waals surface area contributed by atoms with Crippen molar-refractivity contribution in [1.29, 1.82) is 0 Å². The van der Waals surface area contributed by atoms with Gasteiger partial charge in [-0.05, 0) is 64.7 Å². The van der Waals surface area contributed by atoms with E-state index in [2.05, 4.69) is 41.0 Å². The van der Waals surface area contributed by atoms with Crippen LogP contribution in [-0.2, 0) is 17.0 Å². The lowest BCUT2D eigenvalue weighted by atomic mass is 10.0. The van der Waals surface area contributed by atoms with Crippen molar-refractivity contribution < 1.29 is 14.4 Å². The van der Waals surface area contributed by atoms with Crippen molar-refractivity contribution in [3.63, 3.8) is 0 Å². The first-order chi connectivity index (χ1) is 20.0. The summed E-state index contributed by atoms with van der Waals surface area (Å²) >= 11 is 1.70. The summed E-state index contributed by atoms with van der Waals surface area (Å²) in [6, 6.07) is 39.6. The summed E-state index contributed by atoms with van der Waals surface area (Å²) in [4.78, 5) is 39.8. The molecule has 0 aliphatic carbocycles. The maximum absolute atomic E-state index is 13.2. The molecular weight excluding hydrogens is 528 g/mol. The molecule has 5 nitrogen and oxygen atoms in total. The first kappa shape index (κ1) is 27.9. The van der Waals surface area contributed by atoms with Crippen LogP contribution in [0.15, 0.2) is 132 Å². The summed E-state index contributed by atoms with van der Waals surface area (Å²) < 4.78 is 0. The third-order valence-electron chi connectivity index (χ3n) is 6.77. The van der Waals surface area contributed by atoms with E-state index in [9.17, 15) is 14.4 Å².